The van der Waals surface area contributed by atoms with E-state index in [0.29, 0.717) is 0 Å². The summed E-state index contributed by atoms with van der Waals surface area (Å²) in [4.78, 5) is 15.6. The van der Waals surface area contributed by atoms with E-state index in [1.165, 1.54) is 0 Å². The van der Waals surface area contributed by atoms with Crippen molar-refractivity contribution in [2.45, 2.75) is 50.2 Å². The number of benzene rings is 1. The minimum Gasteiger partial charge on any atom is -0.292 e. The van der Waals surface area contributed by atoms with Crippen LogP contribution in [0.3, 0.4) is 0 Å². The van der Waals surface area contributed by atoms with Crippen LogP contribution in [0.5, 0.6) is 0 Å². The topological polar surface area (TPSA) is 20.1 Å². The summed E-state index contributed by atoms with van der Waals surface area (Å²) >= 11 is 0. The number of rotatable bonds is 4. The first-order valence-electron chi connectivity index (χ1n) is 7.61. The highest BCUT2D eigenvalue weighted by Crippen LogP contribution is 2.66. The van der Waals surface area contributed by atoms with Gasteiger partial charge in [-0.2, -0.15) is 0 Å². The van der Waals surface area contributed by atoms with E-state index in [1.54, 1.807) is 6.08 Å². The zero-order chi connectivity index (χ0) is 15.3. The lowest BCUT2D eigenvalue weighted by atomic mass is 9.81. The molecule has 0 radical (unpaired) electrons. The summed E-state index contributed by atoms with van der Waals surface area (Å²) in [6, 6.07) is 9.63. The molecule has 0 aromatic heterocycles. The average Bonchev–Trinajstić information content (AvgIpc) is 2.94. The van der Waals surface area contributed by atoms with E-state index >= 15 is 0 Å². The van der Waals surface area contributed by atoms with Gasteiger partial charge in [-0.3, -0.25) is 9.69 Å². The van der Waals surface area contributed by atoms with E-state index < -0.39 is 5.54 Å². The van der Waals surface area contributed by atoms with Crippen LogP contribution in [0.15, 0.2) is 55.1 Å². The molecule has 3 atom stereocenters. The highest BCUT2D eigenvalue weighted by atomic mass is 16.1. The van der Waals surface area contributed by atoms with Crippen molar-refractivity contribution >= 4 is 5.78 Å². The summed E-state index contributed by atoms with van der Waals surface area (Å²) in [6.45, 7) is 10.5. The fraction of sp³-hybridized carbons (Fsp3) is 0.421. The predicted molar refractivity (Wildman–Crippen MR) is 86.4 cm³/mol. The molecule has 2 aliphatic rings. The number of piperidine rings is 1. The van der Waals surface area contributed by atoms with Crippen molar-refractivity contribution < 1.29 is 4.79 Å². The predicted octanol–water partition coefficient (Wildman–Crippen LogP) is 4.00. The minimum absolute atomic E-state index is 0.0602. The number of nitrogens with zero attached hydrogens (tertiary/aromatic N) is 1. The Morgan fingerprint density at radius 1 is 1.19 bits per heavy atom. The van der Waals surface area contributed by atoms with Crippen molar-refractivity contribution in [1.82, 2.24) is 4.90 Å². The van der Waals surface area contributed by atoms with Crippen molar-refractivity contribution in [2.75, 3.05) is 0 Å². The average molecular weight is 281 g/mol. The number of fused-ring (bicyclic) bond motifs is 1. The highest BCUT2D eigenvalue weighted by Gasteiger charge is 2.80. The van der Waals surface area contributed by atoms with Crippen LogP contribution in [0.1, 0.15) is 44.0 Å². The second-order valence-electron chi connectivity index (χ2n) is 6.98. The first kappa shape index (κ1) is 14.3. The van der Waals surface area contributed by atoms with Gasteiger partial charge >= 0.3 is 0 Å². The Bertz CT molecular complexity index is 616. The molecule has 0 spiro atoms. The normalized spacial score (nSPS) is 36.4. The molecule has 110 valence electrons. The Kier molecular flexibility index (Phi) is 3.00. The Hall–Kier alpha value is -1.67. The Balaban J connectivity index is 2.08. The molecule has 2 aliphatic heterocycles. The number of ketones is 1. The first-order chi connectivity index (χ1) is 9.90. The van der Waals surface area contributed by atoms with Gasteiger partial charge in [-0.05, 0) is 33.6 Å². The molecule has 0 aliphatic carbocycles. The van der Waals surface area contributed by atoms with Crippen LogP contribution in [0.4, 0.5) is 0 Å². The monoisotopic (exact) mass is 281 g/mol. The van der Waals surface area contributed by atoms with Gasteiger partial charge in [0.2, 0.25) is 0 Å². The van der Waals surface area contributed by atoms with E-state index in [2.05, 4.69) is 38.3 Å². The van der Waals surface area contributed by atoms with Gasteiger partial charge in [-0.15, -0.1) is 0 Å². The summed E-state index contributed by atoms with van der Waals surface area (Å²) in [5.74, 6) is 0.205. The maximum atomic E-state index is 13.2. The van der Waals surface area contributed by atoms with Gasteiger partial charge in [-0.25, -0.2) is 0 Å². The quantitative estimate of drug-likeness (QED) is 0.472. The maximum absolute atomic E-state index is 13.2. The molecule has 2 heterocycles. The van der Waals surface area contributed by atoms with Crippen molar-refractivity contribution in [1.29, 1.82) is 0 Å². The van der Waals surface area contributed by atoms with Gasteiger partial charge in [0.1, 0.15) is 5.54 Å². The van der Waals surface area contributed by atoms with Crippen molar-refractivity contribution in [3.63, 3.8) is 0 Å². The van der Waals surface area contributed by atoms with E-state index in [-0.39, 0.29) is 16.9 Å². The molecule has 3 unspecified atom stereocenters. The van der Waals surface area contributed by atoms with Crippen molar-refractivity contribution in [3.8, 4) is 0 Å². The van der Waals surface area contributed by atoms with E-state index in [1.807, 2.05) is 36.4 Å². The van der Waals surface area contributed by atoms with Gasteiger partial charge in [0.05, 0.1) is 0 Å². The van der Waals surface area contributed by atoms with E-state index in [4.69, 9.17) is 0 Å². The zero-order valence-electron chi connectivity index (χ0n) is 13.1. The van der Waals surface area contributed by atoms with Gasteiger partial charge in [0, 0.05) is 16.6 Å². The summed E-state index contributed by atoms with van der Waals surface area (Å²) in [6.07, 6.45) is 7.91. The fourth-order valence-corrected chi connectivity index (χ4v) is 4.34. The van der Waals surface area contributed by atoms with Gasteiger partial charge in [0.25, 0.3) is 0 Å². The minimum atomic E-state index is -0.510. The molecule has 0 N–H and O–H groups in total. The summed E-state index contributed by atoms with van der Waals surface area (Å²) < 4.78 is 0. The molecule has 2 nitrogen and oxygen atoms in total. The first-order valence-corrected chi connectivity index (χ1v) is 7.61. The number of carbonyl (C=O) groups excluding carboxylic acids is 1. The molecule has 21 heavy (non-hydrogen) atoms. The molecule has 1 aromatic rings. The zero-order valence-corrected chi connectivity index (χ0v) is 13.1. The van der Waals surface area contributed by atoms with Crippen LogP contribution in [0.2, 0.25) is 0 Å². The molecule has 2 saturated heterocycles. The molecule has 0 saturated carbocycles. The fourth-order valence-electron chi connectivity index (χ4n) is 4.34. The molecule has 2 fully saturated rings. The molecule has 3 rings (SSSR count). The van der Waals surface area contributed by atoms with E-state index in [9.17, 15) is 4.79 Å². The second-order valence-corrected chi connectivity index (χ2v) is 6.98. The molecule has 2 heteroatoms. The Morgan fingerprint density at radius 2 is 1.86 bits per heavy atom. The summed E-state index contributed by atoms with van der Waals surface area (Å²) in [5, 5.41) is 0. The smallest absolute Gasteiger partial charge is 0.188 e. The number of hydrogen-bond acceptors (Lipinski definition) is 2. The van der Waals surface area contributed by atoms with Crippen LogP contribution in [-0.2, 0) is 0 Å². The van der Waals surface area contributed by atoms with Gasteiger partial charge in [-0.1, -0.05) is 55.1 Å². The molecule has 0 amide bonds. The Labute approximate surface area is 127 Å². The highest BCUT2D eigenvalue weighted by molar-refractivity contribution is 6.09. The molecule has 1 aromatic carbocycles. The Morgan fingerprint density at radius 3 is 2.38 bits per heavy atom. The van der Waals surface area contributed by atoms with Crippen LogP contribution in [0, 0.1) is 0 Å². The van der Waals surface area contributed by atoms with Crippen LogP contribution in [-0.4, -0.2) is 27.3 Å². The number of carbonyl (C=O) groups is 1. The standard InChI is InChI=1S/C19H23NO/c1-5-6-12-19(16(21)15-10-8-7-9-11-15)18(4)14-13-17(2,3)20(18)19/h5-12H,1,13-14H2,2-4H3/b12-6+. The number of hydrogen-bond donors (Lipinski definition) is 0. The van der Waals surface area contributed by atoms with E-state index in [0.717, 1.165) is 18.4 Å². The van der Waals surface area contributed by atoms with Crippen LogP contribution < -0.4 is 0 Å². The largest absolute Gasteiger partial charge is 0.292 e. The molecule has 0 bridgehead atoms. The molecular weight excluding hydrogens is 258 g/mol. The maximum Gasteiger partial charge on any atom is 0.188 e. The van der Waals surface area contributed by atoms with Gasteiger partial charge in [0.15, 0.2) is 5.78 Å². The third kappa shape index (κ3) is 1.72. The van der Waals surface area contributed by atoms with Gasteiger partial charge < -0.3 is 0 Å². The third-order valence-electron chi connectivity index (χ3n) is 5.30. The lowest BCUT2D eigenvalue weighted by molar-refractivity contribution is 0.0904. The second kappa shape index (κ2) is 4.41. The SMILES string of the molecule is C=C/C=C/C1(C(=O)c2ccccc2)N2C(C)(C)CCC21C. The van der Waals surface area contributed by atoms with Crippen LogP contribution >= 0.6 is 0 Å². The van der Waals surface area contributed by atoms with Crippen molar-refractivity contribution in [3.05, 3.63) is 60.7 Å². The van der Waals surface area contributed by atoms with Crippen molar-refractivity contribution in [2.24, 2.45) is 0 Å². The number of Topliss-reactive ketones (excluding diaryl/α,β-unsaturated/α-hetero) is 1. The van der Waals surface area contributed by atoms with Crippen LogP contribution in [0.25, 0.3) is 0 Å². The lowest BCUT2D eigenvalue weighted by Crippen LogP contribution is -2.40. The molecular formula is C19H23NO. The summed E-state index contributed by atoms with van der Waals surface area (Å²) in [5.41, 5.74) is 0.274. The third-order valence-corrected chi connectivity index (χ3v) is 5.30. The lowest BCUT2D eigenvalue weighted by Gasteiger charge is -2.28. The number of allylic oxidation sites excluding steroid dienone is 2. The summed E-state index contributed by atoms with van der Waals surface area (Å²) in [7, 11) is 0.